The molecule has 1 heterocycles. The summed E-state index contributed by atoms with van der Waals surface area (Å²) in [6, 6.07) is 9.14. The van der Waals surface area contributed by atoms with Crippen molar-refractivity contribution in [2.75, 3.05) is 20.2 Å². The number of aromatic hydroxyl groups is 1. The van der Waals surface area contributed by atoms with Gasteiger partial charge in [-0.2, -0.15) is 0 Å². The third kappa shape index (κ3) is 4.21. The standard InChI is InChI=1S/C16H18N2O3/c1-12-3-5-15(6-4-12)21-8-7-18(2)16(20)13-9-14(19)11-17-10-13/h3-6,9-11,19H,7-8H2,1-2H3. The normalized spacial score (nSPS) is 10.2. The maximum Gasteiger partial charge on any atom is 0.255 e. The highest BCUT2D eigenvalue weighted by Crippen LogP contribution is 2.12. The highest BCUT2D eigenvalue weighted by atomic mass is 16.5. The summed E-state index contributed by atoms with van der Waals surface area (Å²) in [6.07, 6.45) is 2.72. The number of aryl methyl sites for hydroxylation is 1. The lowest BCUT2D eigenvalue weighted by atomic mass is 10.2. The van der Waals surface area contributed by atoms with Crippen molar-refractivity contribution in [3.8, 4) is 11.5 Å². The van der Waals surface area contributed by atoms with Crippen LogP contribution in [0.5, 0.6) is 11.5 Å². The Morgan fingerprint density at radius 3 is 2.67 bits per heavy atom. The number of aromatic nitrogens is 1. The number of pyridine rings is 1. The second kappa shape index (κ2) is 6.74. The molecule has 5 heteroatoms. The molecule has 0 atom stereocenters. The molecule has 0 saturated carbocycles. The first kappa shape index (κ1) is 14.8. The van der Waals surface area contributed by atoms with Crippen LogP contribution in [-0.4, -0.2) is 41.1 Å². The zero-order chi connectivity index (χ0) is 15.2. The molecular formula is C16H18N2O3. The van der Waals surface area contributed by atoms with Gasteiger partial charge in [0.05, 0.1) is 18.3 Å². The molecule has 0 spiro atoms. The van der Waals surface area contributed by atoms with Gasteiger partial charge in [-0.1, -0.05) is 17.7 Å². The van der Waals surface area contributed by atoms with Crippen LogP contribution < -0.4 is 4.74 Å². The number of likely N-dealkylation sites (N-methyl/N-ethyl adjacent to an activating group) is 1. The second-order valence-electron chi connectivity index (χ2n) is 4.82. The number of carbonyl (C=O) groups excluding carboxylic acids is 1. The van der Waals surface area contributed by atoms with Gasteiger partial charge in [-0.25, -0.2) is 0 Å². The van der Waals surface area contributed by atoms with Gasteiger partial charge >= 0.3 is 0 Å². The summed E-state index contributed by atoms with van der Waals surface area (Å²) >= 11 is 0. The maximum absolute atomic E-state index is 12.1. The zero-order valence-corrected chi connectivity index (χ0v) is 12.1. The van der Waals surface area contributed by atoms with Gasteiger partial charge in [0.15, 0.2) is 0 Å². The average Bonchev–Trinajstić information content (AvgIpc) is 2.48. The Bertz CT molecular complexity index is 611. The molecular weight excluding hydrogens is 268 g/mol. The van der Waals surface area contributed by atoms with Gasteiger partial charge in [-0.3, -0.25) is 9.78 Å². The minimum atomic E-state index is -0.203. The van der Waals surface area contributed by atoms with E-state index in [0.717, 1.165) is 5.75 Å². The number of rotatable bonds is 5. The van der Waals surface area contributed by atoms with E-state index in [1.165, 1.54) is 28.9 Å². The summed E-state index contributed by atoms with van der Waals surface area (Å²) in [6.45, 7) is 2.86. The van der Waals surface area contributed by atoms with E-state index in [2.05, 4.69) is 4.98 Å². The molecule has 1 aromatic heterocycles. The third-order valence-corrected chi connectivity index (χ3v) is 3.03. The Morgan fingerprint density at radius 1 is 1.29 bits per heavy atom. The van der Waals surface area contributed by atoms with Crippen LogP contribution >= 0.6 is 0 Å². The summed E-state index contributed by atoms with van der Waals surface area (Å²) in [5, 5.41) is 9.33. The van der Waals surface area contributed by atoms with Crippen molar-refractivity contribution in [2.24, 2.45) is 0 Å². The van der Waals surface area contributed by atoms with E-state index in [0.29, 0.717) is 18.7 Å². The molecule has 0 aliphatic heterocycles. The minimum absolute atomic E-state index is 0.0230. The molecule has 21 heavy (non-hydrogen) atoms. The highest BCUT2D eigenvalue weighted by molar-refractivity contribution is 5.94. The number of nitrogens with zero attached hydrogens (tertiary/aromatic N) is 2. The van der Waals surface area contributed by atoms with E-state index in [-0.39, 0.29) is 11.7 Å². The Kier molecular flexibility index (Phi) is 4.77. The van der Waals surface area contributed by atoms with Gasteiger partial charge < -0.3 is 14.7 Å². The zero-order valence-electron chi connectivity index (χ0n) is 12.1. The van der Waals surface area contributed by atoms with Crippen molar-refractivity contribution in [1.29, 1.82) is 0 Å². The van der Waals surface area contributed by atoms with Crippen LogP contribution in [0.3, 0.4) is 0 Å². The Morgan fingerprint density at radius 2 is 2.00 bits per heavy atom. The predicted molar refractivity (Wildman–Crippen MR) is 79.5 cm³/mol. The molecule has 0 bridgehead atoms. The molecule has 0 unspecified atom stereocenters. The van der Waals surface area contributed by atoms with E-state index in [1.54, 1.807) is 7.05 Å². The molecule has 0 aliphatic carbocycles. The van der Waals surface area contributed by atoms with Crippen LogP contribution in [0.2, 0.25) is 0 Å². The number of hydrogen-bond acceptors (Lipinski definition) is 4. The molecule has 0 fully saturated rings. The van der Waals surface area contributed by atoms with Crippen LogP contribution in [0.25, 0.3) is 0 Å². The van der Waals surface area contributed by atoms with E-state index < -0.39 is 0 Å². The molecule has 1 N–H and O–H groups in total. The second-order valence-corrected chi connectivity index (χ2v) is 4.82. The lowest BCUT2D eigenvalue weighted by molar-refractivity contribution is 0.0773. The van der Waals surface area contributed by atoms with Gasteiger partial charge in [0.1, 0.15) is 18.1 Å². The minimum Gasteiger partial charge on any atom is -0.506 e. The monoisotopic (exact) mass is 286 g/mol. The van der Waals surface area contributed by atoms with E-state index in [9.17, 15) is 9.90 Å². The number of benzene rings is 1. The van der Waals surface area contributed by atoms with Gasteiger partial charge in [0.2, 0.25) is 0 Å². The molecule has 1 aromatic carbocycles. The van der Waals surface area contributed by atoms with Crippen LogP contribution in [0.15, 0.2) is 42.7 Å². The summed E-state index contributed by atoms with van der Waals surface area (Å²) in [4.78, 5) is 17.4. The number of ether oxygens (including phenoxy) is 1. The van der Waals surface area contributed by atoms with Crippen LogP contribution in [-0.2, 0) is 0 Å². The molecule has 2 rings (SSSR count). The van der Waals surface area contributed by atoms with Crippen molar-refractivity contribution in [1.82, 2.24) is 9.88 Å². The highest BCUT2D eigenvalue weighted by Gasteiger charge is 2.12. The molecule has 110 valence electrons. The smallest absolute Gasteiger partial charge is 0.255 e. The first-order valence-electron chi connectivity index (χ1n) is 6.65. The fourth-order valence-corrected chi connectivity index (χ4v) is 1.80. The number of hydrogen-bond donors (Lipinski definition) is 1. The SMILES string of the molecule is Cc1ccc(OCCN(C)C(=O)c2cncc(O)c2)cc1. The molecule has 0 aliphatic rings. The number of carbonyl (C=O) groups is 1. The Labute approximate surface area is 123 Å². The van der Waals surface area contributed by atoms with Crippen molar-refractivity contribution < 1.29 is 14.6 Å². The van der Waals surface area contributed by atoms with Crippen molar-refractivity contribution in [3.05, 3.63) is 53.9 Å². The summed E-state index contributed by atoms with van der Waals surface area (Å²) < 4.78 is 5.58. The van der Waals surface area contributed by atoms with Crippen LogP contribution in [0.4, 0.5) is 0 Å². The molecule has 0 radical (unpaired) electrons. The summed E-state index contributed by atoms with van der Waals surface area (Å²) in [5.41, 5.74) is 1.53. The Balaban J connectivity index is 1.85. The van der Waals surface area contributed by atoms with Gasteiger partial charge in [0, 0.05) is 13.2 Å². The maximum atomic E-state index is 12.1. The average molecular weight is 286 g/mol. The fraction of sp³-hybridized carbons (Fsp3) is 0.250. The van der Waals surface area contributed by atoms with Gasteiger partial charge in [0.25, 0.3) is 5.91 Å². The van der Waals surface area contributed by atoms with Gasteiger partial charge in [-0.05, 0) is 25.1 Å². The van der Waals surface area contributed by atoms with Crippen molar-refractivity contribution in [2.45, 2.75) is 6.92 Å². The fourth-order valence-electron chi connectivity index (χ4n) is 1.80. The number of amides is 1. The topological polar surface area (TPSA) is 62.7 Å². The predicted octanol–water partition coefficient (Wildman–Crippen LogP) is 2.25. The Hall–Kier alpha value is -2.56. The van der Waals surface area contributed by atoms with Crippen molar-refractivity contribution >= 4 is 5.91 Å². The third-order valence-electron chi connectivity index (χ3n) is 3.03. The molecule has 0 saturated heterocycles. The van der Waals surface area contributed by atoms with Crippen molar-refractivity contribution in [3.63, 3.8) is 0 Å². The molecule has 5 nitrogen and oxygen atoms in total. The van der Waals surface area contributed by atoms with Crippen LogP contribution in [0.1, 0.15) is 15.9 Å². The van der Waals surface area contributed by atoms with E-state index in [1.807, 2.05) is 31.2 Å². The van der Waals surface area contributed by atoms with E-state index >= 15 is 0 Å². The summed E-state index contributed by atoms with van der Waals surface area (Å²) in [7, 11) is 1.69. The lowest BCUT2D eigenvalue weighted by Gasteiger charge is -2.17. The molecule has 1 amide bonds. The molecule has 2 aromatic rings. The first-order valence-corrected chi connectivity index (χ1v) is 6.65. The quantitative estimate of drug-likeness (QED) is 0.915. The summed E-state index contributed by atoms with van der Waals surface area (Å²) in [5.74, 6) is 0.552. The first-order chi connectivity index (χ1) is 10.1. The van der Waals surface area contributed by atoms with Gasteiger partial charge in [-0.15, -0.1) is 0 Å². The van der Waals surface area contributed by atoms with Crippen LogP contribution in [0, 0.1) is 6.92 Å². The largest absolute Gasteiger partial charge is 0.506 e. The lowest BCUT2D eigenvalue weighted by Crippen LogP contribution is -2.30. The van der Waals surface area contributed by atoms with E-state index in [4.69, 9.17) is 4.74 Å².